The van der Waals surface area contributed by atoms with Crippen molar-refractivity contribution in [2.75, 3.05) is 13.1 Å². The molecule has 1 aliphatic heterocycles. The van der Waals surface area contributed by atoms with Gasteiger partial charge in [-0.15, -0.1) is 0 Å². The second kappa shape index (κ2) is 5.32. The first-order valence-corrected chi connectivity index (χ1v) is 6.83. The Balaban J connectivity index is 2.25. The quantitative estimate of drug-likeness (QED) is 0.791. The Morgan fingerprint density at radius 3 is 2.50 bits per heavy atom. The van der Waals surface area contributed by atoms with Gasteiger partial charge in [0, 0.05) is 12.6 Å². The highest BCUT2D eigenvalue weighted by Gasteiger charge is 2.39. The van der Waals surface area contributed by atoms with E-state index < -0.39 is 11.4 Å². The Kier molecular flexibility index (Phi) is 3.90. The number of phenols is 2. The molecule has 5 nitrogen and oxygen atoms in total. The van der Waals surface area contributed by atoms with E-state index in [0.29, 0.717) is 18.5 Å². The van der Waals surface area contributed by atoms with Crippen LogP contribution in [0.4, 0.5) is 0 Å². The molecule has 0 radical (unpaired) electrons. The van der Waals surface area contributed by atoms with E-state index in [-0.39, 0.29) is 17.5 Å². The van der Waals surface area contributed by atoms with Crippen LogP contribution in [-0.2, 0) is 4.79 Å². The van der Waals surface area contributed by atoms with Gasteiger partial charge in [0.25, 0.3) is 0 Å². The standard InChI is InChI=1S/C15H21NO4/c1-10(13-11(17)5-3-6-12(13)18)16-8-4-7-15(2,9-16)14(19)20/h3,5-6,10,17-18H,4,7-9H2,1-2H3,(H,19,20). The van der Waals surface area contributed by atoms with E-state index in [2.05, 4.69) is 0 Å². The Hall–Kier alpha value is -1.75. The molecule has 1 heterocycles. The molecule has 0 spiro atoms. The van der Waals surface area contributed by atoms with Crippen LogP contribution in [0.2, 0.25) is 0 Å². The molecular formula is C15H21NO4. The Bertz CT molecular complexity index is 496. The average molecular weight is 279 g/mol. The Morgan fingerprint density at radius 2 is 1.95 bits per heavy atom. The molecule has 0 aromatic heterocycles. The monoisotopic (exact) mass is 279 g/mol. The second-order valence-electron chi connectivity index (χ2n) is 5.83. The molecule has 1 aromatic rings. The summed E-state index contributed by atoms with van der Waals surface area (Å²) in [5.41, 5.74) is -0.311. The third-order valence-electron chi connectivity index (χ3n) is 4.27. The topological polar surface area (TPSA) is 81.0 Å². The molecule has 2 rings (SSSR count). The number of phenolic OH excluding ortho intramolecular Hbond substituents is 2. The molecule has 2 atom stereocenters. The summed E-state index contributed by atoms with van der Waals surface area (Å²) in [5.74, 6) is -0.712. The van der Waals surface area contributed by atoms with Crippen LogP contribution in [0.3, 0.4) is 0 Å². The van der Waals surface area contributed by atoms with Gasteiger partial charge in [0.15, 0.2) is 0 Å². The molecule has 0 saturated carbocycles. The van der Waals surface area contributed by atoms with E-state index in [1.54, 1.807) is 13.0 Å². The molecule has 2 unspecified atom stereocenters. The van der Waals surface area contributed by atoms with Crippen LogP contribution >= 0.6 is 0 Å². The predicted molar refractivity (Wildman–Crippen MR) is 74.7 cm³/mol. The van der Waals surface area contributed by atoms with Gasteiger partial charge in [-0.25, -0.2) is 0 Å². The number of rotatable bonds is 3. The molecular weight excluding hydrogens is 258 g/mol. The van der Waals surface area contributed by atoms with Gasteiger partial charge in [-0.1, -0.05) is 6.07 Å². The number of piperidine rings is 1. The molecule has 0 amide bonds. The van der Waals surface area contributed by atoms with E-state index in [4.69, 9.17) is 0 Å². The summed E-state index contributed by atoms with van der Waals surface area (Å²) < 4.78 is 0. The normalized spacial score (nSPS) is 25.3. The molecule has 1 fully saturated rings. The summed E-state index contributed by atoms with van der Waals surface area (Å²) in [4.78, 5) is 13.4. The Morgan fingerprint density at radius 1 is 1.35 bits per heavy atom. The van der Waals surface area contributed by atoms with Crippen molar-refractivity contribution in [1.82, 2.24) is 4.90 Å². The molecule has 0 bridgehead atoms. The average Bonchev–Trinajstić information content (AvgIpc) is 2.38. The number of carboxylic acids is 1. The summed E-state index contributed by atoms with van der Waals surface area (Å²) in [7, 11) is 0. The summed E-state index contributed by atoms with van der Waals surface area (Å²) in [6.45, 7) is 4.80. The number of likely N-dealkylation sites (tertiary alicyclic amines) is 1. The van der Waals surface area contributed by atoms with Crippen molar-refractivity contribution >= 4 is 5.97 Å². The van der Waals surface area contributed by atoms with E-state index in [1.807, 2.05) is 11.8 Å². The van der Waals surface area contributed by atoms with Crippen molar-refractivity contribution in [1.29, 1.82) is 0 Å². The fraction of sp³-hybridized carbons (Fsp3) is 0.533. The first-order chi connectivity index (χ1) is 9.35. The van der Waals surface area contributed by atoms with Gasteiger partial charge in [0.05, 0.1) is 11.0 Å². The predicted octanol–water partition coefficient (Wildman–Crippen LogP) is 2.35. The fourth-order valence-corrected chi connectivity index (χ4v) is 2.94. The number of hydrogen-bond donors (Lipinski definition) is 3. The van der Waals surface area contributed by atoms with E-state index in [1.165, 1.54) is 12.1 Å². The van der Waals surface area contributed by atoms with Gasteiger partial charge < -0.3 is 15.3 Å². The lowest BCUT2D eigenvalue weighted by molar-refractivity contribution is -0.151. The maximum absolute atomic E-state index is 11.4. The van der Waals surface area contributed by atoms with Crippen molar-refractivity contribution in [3.05, 3.63) is 23.8 Å². The lowest BCUT2D eigenvalue weighted by Gasteiger charge is -2.41. The molecule has 5 heteroatoms. The van der Waals surface area contributed by atoms with Crippen molar-refractivity contribution in [2.24, 2.45) is 5.41 Å². The summed E-state index contributed by atoms with van der Waals surface area (Å²) in [6.07, 6.45) is 1.44. The van der Waals surface area contributed by atoms with Gasteiger partial charge in [0.2, 0.25) is 0 Å². The van der Waals surface area contributed by atoms with Gasteiger partial charge in [-0.3, -0.25) is 9.69 Å². The maximum atomic E-state index is 11.4. The van der Waals surface area contributed by atoms with Crippen LogP contribution in [0.1, 0.15) is 38.3 Å². The first-order valence-electron chi connectivity index (χ1n) is 6.83. The number of nitrogens with zero attached hydrogens (tertiary/aromatic N) is 1. The van der Waals surface area contributed by atoms with Gasteiger partial charge in [-0.05, 0) is 45.4 Å². The van der Waals surface area contributed by atoms with Gasteiger partial charge >= 0.3 is 5.97 Å². The fourth-order valence-electron chi connectivity index (χ4n) is 2.94. The minimum Gasteiger partial charge on any atom is -0.507 e. The van der Waals surface area contributed by atoms with E-state index >= 15 is 0 Å². The van der Waals surface area contributed by atoms with Crippen LogP contribution < -0.4 is 0 Å². The molecule has 1 aliphatic rings. The zero-order valence-electron chi connectivity index (χ0n) is 11.8. The summed E-state index contributed by atoms with van der Waals surface area (Å²) in [6, 6.07) is 4.42. The highest BCUT2D eigenvalue weighted by atomic mass is 16.4. The van der Waals surface area contributed by atoms with Crippen LogP contribution in [0.25, 0.3) is 0 Å². The van der Waals surface area contributed by atoms with Crippen molar-refractivity contribution in [3.8, 4) is 11.5 Å². The zero-order valence-corrected chi connectivity index (χ0v) is 11.8. The van der Waals surface area contributed by atoms with Crippen LogP contribution in [0, 0.1) is 5.41 Å². The number of hydrogen-bond acceptors (Lipinski definition) is 4. The molecule has 20 heavy (non-hydrogen) atoms. The smallest absolute Gasteiger partial charge is 0.310 e. The largest absolute Gasteiger partial charge is 0.507 e. The zero-order chi connectivity index (χ0) is 14.9. The molecule has 3 N–H and O–H groups in total. The number of aromatic hydroxyl groups is 2. The number of carbonyl (C=O) groups is 1. The van der Waals surface area contributed by atoms with Crippen LogP contribution in [0.5, 0.6) is 11.5 Å². The third-order valence-corrected chi connectivity index (χ3v) is 4.27. The molecule has 0 aliphatic carbocycles. The highest BCUT2D eigenvalue weighted by molar-refractivity contribution is 5.74. The SMILES string of the molecule is CC(c1c(O)cccc1O)N1CCCC(C)(C(=O)O)C1. The number of benzene rings is 1. The van der Waals surface area contributed by atoms with Crippen LogP contribution in [-0.4, -0.2) is 39.3 Å². The summed E-state index contributed by atoms with van der Waals surface area (Å²) >= 11 is 0. The van der Waals surface area contributed by atoms with Crippen LogP contribution in [0.15, 0.2) is 18.2 Å². The van der Waals surface area contributed by atoms with E-state index in [0.717, 1.165) is 13.0 Å². The van der Waals surface area contributed by atoms with Crippen molar-refractivity contribution in [3.63, 3.8) is 0 Å². The van der Waals surface area contributed by atoms with Crippen molar-refractivity contribution in [2.45, 2.75) is 32.7 Å². The number of carboxylic acid groups (broad SMARTS) is 1. The number of aliphatic carboxylic acids is 1. The molecule has 110 valence electrons. The highest BCUT2D eigenvalue weighted by Crippen LogP contribution is 2.39. The summed E-state index contributed by atoms with van der Waals surface area (Å²) in [5, 5.41) is 29.2. The van der Waals surface area contributed by atoms with E-state index in [9.17, 15) is 20.1 Å². The van der Waals surface area contributed by atoms with Gasteiger partial charge in [-0.2, -0.15) is 0 Å². The van der Waals surface area contributed by atoms with Gasteiger partial charge in [0.1, 0.15) is 11.5 Å². The molecule has 1 aromatic carbocycles. The van der Waals surface area contributed by atoms with Crippen molar-refractivity contribution < 1.29 is 20.1 Å². The minimum absolute atomic E-state index is 0.0418. The lowest BCUT2D eigenvalue weighted by Crippen LogP contribution is -2.46. The lowest BCUT2D eigenvalue weighted by atomic mass is 9.81. The second-order valence-corrected chi connectivity index (χ2v) is 5.83. The third kappa shape index (κ3) is 2.58. The Labute approximate surface area is 118 Å². The maximum Gasteiger partial charge on any atom is 0.310 e. The first kappa shape index (κ1) is 14.7. The molecule has 1 saturated heterocycles. The minimum atomic E-state index is -0.795.